The molecule has 7 heteroatoms. The molecule has 1 atom stereocenters. The van der Waals surface area contributed by atoms with Crippen LogP contribution in [0.25, 0.3) is 22.8 Å². The van der Waals surface area contributed by atoms with Gasteiger partial charge in [0.15, 0.2) is 0 Å². The largest absolute Gasteiger partial charge is 0.457 e. The Kier molecular flexibility index (Phi) is 6.32. The number of amides is 1. The minimum absolute atomic E-state index is 0.0520. The van der Waals surface area contributed by atoms with Gasteiger partial charge in [-0.2, -0.15) is 0 Å². The fraction of sp³-hybridized carbons (Fsp3) is 0.129. The maximum Gasteiger partial charge on any atom is 0.334 e. The number of imidazole rings is 1. The molecule has 0 radical (unpaired) electrons. The first kappa shape index (κ1) is 23.5. The minimum atomic E-state index is -0.149. The van der Waals surface area contributed by atoms with Gasteiger partial charge in [0.2, 0.25) is 5.91 Å². The number of hydrogen-bond donors (Lipinski definition) is 0. The molecule has 0 bridgehead atoms. The van der Waals surface area contributed by atoms with Crippen LogP contribution >= 0.6 is 0 Å². The summed E-state index contributed by atoms with van der Waals surface area (Å²) in [6.07, 6.45) is 7.54. The fourth-order valence-corrected chi connectivity index (χ4v) is 4.95. The number of pyridine rings is 1. The van der Waals surface area contributed by atoms with Crippen molar-refractivity contribution in [2.45, 2.75) is 12.5 Å². The third-order valence-corrected chi connectivity index (χ3v) is 6.81. The Bertz CT molecular complexity index is 1660. The number of ether oxygens (including phenoxy) is 1. The standard InChI is InChI=1S/C31H26N4O3/c36-30(16-11-23-7-3-1-4-8-23)33-20-18-25(22-33)35-28-17-19-32-21-29(28)34(31(35)37)24-12-14-27(15-13-24)38-26-9-5-2-6-10-26/h1-17,19,21,25H,18,20,22H2/b16-11+/t25-/m1/s1. The van der Waals surface area contributed by atoms with Gasteiger partial charge in [0, 0.05) is 25.4 Å². The zero-order chi connectivity index (χ0) is 25.9. The molecule has 0 spiro atoms. The van der Waals surface area contributed by atoms with Gasteiger partial charge in [-0.25, -0.2) is 4.79 Å². The van der Waals surface area contributed by atoms with Gasteiger partial charge in [-0.3, -0.25) is 18.9 Å². The molecule has 0 unspecified atom stereocenters. The molecule has 5 aromatic rings. The average molecular weight is 503 g/mol. The zero-order valence-electron chi connectivity index (χ0n) is 20.7. The highest BCUT2D eigenvalue weighted by Crippen LogP contribution is 2.28. The average Bonchev–Trinajstić information content (AvgIpc) is 3.55. The maximum absolute atomic E-state index is 13.8. The van der Waals surface area contributed by atoms with Gasteiger partial charge in [0.05, 0.1) is 29.0 Å². The molecule has 2 aromatic heterocycles. The summed E-state index contributed by atoms with van der Waals surface area (Å²) in [5, 5.41) is 0. The monoisotopic (exact) mass is 502 g/mol. The maximum atomic E-state index is 13.8. The van der Waals surface area contributed by atoms with E-state index < -0.39 is 0 Å². The lowest BCUT2D eigenvalue weighted by atomic mass is 10.2. The normalized spacial score (nSPS) is 15.4. The van der Waals surface area contributed by atoms with Gasteiger partial charge < -0.3 is 9.64 Å². The SMILES string of the molecule is O=C(/C=C/c1ccccc1)N1CC[C@@H](n2c(=O)n(-c3ccc(Oc4ccccc4)cc3)c3cnccc32)C1. The van der Waals surface area contributed by atoms with E-state index in [1.54, 1.807) is 32.5 Å². The Hall–Kier alpha value is -4.91. The number of carbonyl (C=O) groups excluding carboxylic acids is 1. The zero-order valence-corrected chi connectivity index (χ0v) is 20.7. The predicted octanol–water partition coefficient (Wildman–Crippen LogP) is 5.47. The van der Waals surface area contributed by atoms with Crippen molar-refractivity contribution in [1.82, 2.24) is 19.0 Å². The summed E-state index contributed by atoms with van der Waals surface area (Å²) >= 11 is 0. The lowest BCUT2D eigenvalue weighted by Crippen LogP contribution is -2.31. The van der Waals surface area contributed by atoms with Gasteiger partial charge in [0.1, 0.15) is 11.5 Å². The van der Waals surface area contributed by atoms with Crippen molar-refractivity contribution in [1.29, 1.82) is 0 Å². The van der Waals surface area contributed by atoms with E-state index in [2.05, 4.69) is 4.98 Å². The van der Waals surface area contributed by atoms with E-state index in [4.69, 9.17) is 4.74 Å². The molecule has 1 saturated heterocycles. The number of likely N-dealkylation sites (tertiary alicyclic amines) is 1. The van der Waals surface area contributed by atoms with E-state index in [9.17, 15) is 9.59 Å². The van der Waals surface area contributed by atoms with Gasteiger partial charge in [-0.15, -0.1) is 0 Å². The van der Waals surface area contributed by atoms with Crippen LogP contribution in [0, 0.1) is 0 Å². The summed E-state index contributed by atoms with van der Waals surface area (Å²) < 4.78 is 9.39. The molecule has 1 amide bonds. The number of para-hydroxylation sites is 1. The molecule has 7 nitrogen and oxygen atoms in total. The highest BCUT2D eigenvalue weighted by molar-refractivity contribution is 5.92. The summed E-state index contributed by atoms with van der Waals surface area (Å²) in [5.41, 5.74) is 3.08. The van der Waals surface area contributed by atoms with Crippen LogP contribution in [-0.4, -0.2) is 38.0 Å². The van der Waals surface area contributed by atoms with Crippen molar-refractivity contribution < 1.29 is 9.53 Å². The summed E-state index contributed by atoms with van der Waals surface area (Å²) in [5.74, 6) is 1.38. The first-order chi connectivity index (χ1) is 18.7. The quantitative estimate of drug-likeness (QED) is 0.289. The number of aromatic nitrogens is 3. The van der Waals surface area contributed by atoms with Gasteiger partial charge in [0.25, 0.3) is 0 Å². The lowest BCUT2D eigenvalue weighted by molar-refractivity contribution is -0.125. The second kappa shape index (κ2) is 10.2. The van der Waals surface area contributed by atoms with Crippen molar-refractivity contribution in [3.8, 4) is 17.2 Å². The van der Waals surface area contributed by atoms with Crippen LogP contribution in [-0.2, 0) is 4.79 Å². The van der Waals surface area contributed by atoms with E-state index in [0.717, 1.165) is 28.0 Å². The smallest absolute Gasteiger partial charge is 0.334 e. The number of fused-ring (bicyclic) bond motifs is 1. The van der Waals surface area contributed by atoms with Gasteiger partial charge in [-0.1, -0.05) is 48.5 Å². The first-order valence-electron chi connectivity index (χ1n) is 12.6. The third kappa shape index (κ3) is 4.62. The van der Waals surface area contributed by atoms with E-state index in [0.29, 0.717) is 25.3 Å². The van der Waals surface area contributed by atoms with Crippen LogP contribution in [0.3, 0.4) is 0 Å². The van der Waals surface area contributed by atoms with Crippen molar-refractivity contribution >= 4 is 23.0 Å². The second-order valence-electron chi connectivity index (χ2n) is 9.23. The first-order valence-corrected chi connectivity index (χ1v) is 12.6. The summed E-state index contributed by atoms with van der Waals surface area (Å²) in [6, 6.07) is 28.5. The van der Waals surface area contributed by atoms with E-state index >= 15 is 0 Å². The molecular formula is C31H26N4O3. The minimum Gasteiger partial charge on any atom is -0.457 e. The molecule has 38 heavy (non-hydrogen) atoms. The number of benzene rings is 3. The van der Waals surface area contributed by atoms with E-state index in [1.165, 1.54) is 0 Å². The predicted molar refractivity (Wildman–Crippen MR) is 148 cm³/mol. The van der Waals surface area contributed by atoms with Crippen molar-refractivity contribution in [3.05, 3.63) is 126 Å². The Balaban J connectivity index is 1.26. The molecule has 188 valence electrons. The van der Waals surface area contributed by atoms with Crippen LogP contribution in [0.2, 0.25) is 0 Å². The summed E-state index contributed by atoms with van der Waals surface area (Å²) in [4.78, 5) is 32.7. The van der Waals surface area contributed by atoms with Crippen LogP contribution < -0.4 is 10.4 Å². The number of nitrogens with zero attached hydrogens (tertiary/aromatic N) is 4. The fourth-order valence-electron chi connectivity index (χ4n) is 4.95. The second-order valence-corrected chi connectivity index (χ2v) is 9.23. The molecule has 3 aromatic carbocycles. The molecule has 0 N–H and O–H groups in total. The summed E-state index contributed by atoms with van der Waals surface area (Å²) in [6.45, 7) is 1.07. The summed E-state index contributed by atoms with van der Waals surface area (Å²) in [7, 11) is 0. The van der Waals surface area contributed by atoms with Crippen molar-refractivity contribution in [3.63, 3.8) is 0 Å². The van der Waals surface area contributed by atoms with Crippen LogP contribution in [0.1, 0.15) is 18.0 Å². The van der Waals surface area contributed by atoms with Crippen molar-refractivity contribution in [2.75, 3.05) is 13.1 Å². The molecule has 0 aliphatic carbocycles. The van der Waals surface area contributed by atoms with E-state index in [1.807, 2.05) is 97.1 Å². The Morgan fingerprint density at radius 2 is 1.58 bits per heavy atom. The molecule has 1 aliphatic heterocycles. The lowest BCUT2D eigenvalue weighted by Gasteiger charge is -2.15. The van der Waals surface area contributed by atoms with Crippen LogP contribution in [0.4, 0.5) is 0 Å². The van der Waals surface area contributed by atoms with E-state index in [-0.39, 0.29) is 17.6 Å². The Labute approximate surface area is 219 Å². The van der Waals surface area contributed by atoms with Gasteiger partial charge in [-0.05, 0) is 60.5 Å². The highest BCUT2D eigenvalue weighted by Gasteiger charge is 2.30. The molecule has 3 heterocycles. The topological polar surface area (TPSA) is 69.4 Å². The number of carbonyl (C=O) groups is 1. The molecular weight excluding hydrogens is 476 g/mol. The number of rotatable bonds is 6. The van der Waals surface area contributed by atoms with Crippen LogP contribution in [0.5, 0.6) is 11.5 Å². The molecule has 0 saturated carbocycles. The Morgan fingerprint density at radius 1 is 0.868 bits per heavy atom. The molecule has 1 aliphatic rings. The van der Waals surface area contributed by atoms with Gasteiger partial charge >= 0.3 is 5.69 Å². The highest BCUT2D eigenvalue weighted by atomic mass is 16.5. The molecule has 1 fully saturated rings. The van der Waals surface area contributed by atoms with Crippen molar-refractivity contribution in [2.24, 2.45) is 0 Å². The third-order valence-electron chi connectivity index (χ3n) is 6.81. The molecule has 6 rings (SSSR count). The van der Waals surface area contributed by atoms with Crippen LogP contribution in [0.15, 0.2) is 114 Å². The number of hydrogen-bond acceptors (Lipinski definition) is 4. The Morgan fingerprint density at radius 3 is 2.34 bits per heavy atom.